The smallest absolute Gasteiger partial charge is 0.0217 e. The van der Waals surface area contributed by atoms with Crippen LogP contribution in [0.5, 0.6) is 0 Å². The topological polar surface area (TPSA) is 0 Å². The van der Waals surface area contributed by atoms with Gasteiger partial charge >= 0.3 is 0 Å². The van der Waals surface area contributed by atoms with E-state index in [9.17, 15) is 0 Å². The highest BCUT2D eigenvalue weighted by Crippen LogP contribution is 2.25. The highest BCUT2D eigenvalue weighted by Gasteiger charge is 1.91. The molecule has 0 spiro atoms. The van der Waals surface area contributed by atoms with Gasteiger partial charge in [-0.1, -0.05) is 54.5 Å². The quantitative estimate of drug-likeness (QED) is 0.355. The first kappa shape index (κ1) is 10.4. The molecule has 10 heavy (non-hydrogen) atoms. The van der Waals surface area contributed by atoms with Crippen molar-refractivity contribution in [3.63, 3.8) is 0 Å². The fourth-order valence-electron chi connectivity index (χ4n) is 0.449. The zero-order valence-corrected chi connectivity index (χ0v) is 8.60. The molecule has 0 bridgehead atoms. The second-order valence-electron chi connectivity index (χ2n) is 2.31. The van der Waals surface area contributed by atoms with E-state index in [1.54, 1.807) is 0 Å². The third-order valence-corrected chi connectivity index (χ3v) is 3.65. The van der Waals surface area contributed by atoms with E-state index in [2.05, 4.69) is 32.9 Å². The summed E-state index contributed by atoms with van der Waals surface area (Å²) < 4.78 is 0. The van der Waals surface area contributed by atoms with Gasteiger partial charge in [0.25, 0.3) is 0 Å². The molecular formula is C8H16S2. The maximum absolute atomic E-state index is 2.24. The largest absolute Gasteiger partial charge is 0.0910 e. The lowest BCUT2D eigenvalue weighted by atomic mass is 10.4. The Bertz CT molecular complexity index is 87.3. The third-order valence-electron chi connectivity index (χ3n) is 0.827. The summed E-state index contributed by atoms with van der Waals surface area (Å²) in [6.45, 7) is 6.61. The Morgan fingerprint density at radius 3 is 2.50 bits per heavy atom. The minimum absolute atomic E-state index is 0.750. The molecule has 0 saturated heterocycles. The lowest BCUT2D eigenvalue weighted by Crippen LogP contribution is -1.80. The van der Waals surface area contributed by atoms with Crippen LogP contribution in [0.25, 0.3) is 0 Å². The van der Waals surface area contributed by atoms with Crippen molar-refractivity contribution in [2.75, 3.05) is 5.75 Å². The molecule has 0 N–H and O–H groups in total. The molecule has 0 heterocycles. The van der Waals surface area contributed by atoms with Crippen LogP contribution in [0, 0.1) is 0 Å². The van der Waals surface area contributed by atoms with E-state index in [0.29, 0.717) is 0 Å². The van der Waals surface area contributed by atoms with E-state index in [4.69, 9.17) is 0 Å². The van der Waals surface area contributed by atoms with Crippen LogP contribution < -0.4 is 0 Å². The lowest BCUT2D eigenvalue weighted by molar-refractivity contribution is 1.12. The zero-order valence-electron chi connectivity index (χ0n) is 6.96. The van der Waals surface area contributed by atoms with Crippen LogP contribution in [-0.2, 0) is 0 Å². The van der Waals surface area contributed by atoms with Crippen molar-refractivity contribution in [1.29, 1.82) is 0 Å². The summed E-state index contributed by atoms with van der Waals surface area (Å²) in [5, 5.41) is 0.750. The average molecular weight is 176 g/mol. The second kappa shape index (κ2) is 7.55. The predicted octanol–water partition coefficient (Wildman–Crippen LogP) is 3.74. The van der Waals surface area contributed by atoms with Crippen molar-refractivity contribution >= 4 is 21.6 Å². The Labute approximate surface area is 72.3 Å². The maximum atomic E-state index is 2.24. The molecule has 0 aromatic rings. The highest BCUT2D eigenvalue weighted by atomic mass is 33.1. The fraction of sp³-hybridized carbons (Fsp3) is 0.750. The van der Waals surface area contributed by atoms with E-state index < -0.39 is 0 Å². The summed E-state index contributed by atoms with van der Waals surface area (Å²) in [7, 11) is 3.88. The van der Waals surface area contributed by atoms with Crippen molar-refractivity contribution in [3.8, 4) is 0 Å². The molecule has 0 unspecified atom stereocenters. The van der Waals surface area contributed by atoms with Gasteiger partial charge in [0.2, 0.25) is 0 Å². The van der Waals surface area contributed by atoms with Crippen molar-refractivity contribution < 1.29 is 0 Å². The van der Waals surface area contributed by atoms with Gasteiger partial charge in [0.05, 0.1) is 0 Å². The summed E-state index contributed by atoms with van der Waals surface area (Å²) in [6, 6.07) is 0. The van der Waals surface area contributed by atoms with Gasteiger partial charge in [-0.05, 0) is 6.42 Å². The van der Waals surface area contributed by atoms with Crippen LogP contribution in [0.2, 0.25) is 0 Å². The van der Waals surface area contributed by atoms with E-state index >= 15 is 0 Å². The molecule has 0 radical (unpaired) electrons. The third kappa shape index (κ3) is 8.44. The van der Waals surface area contributed by atoms with Gasteiger partial charge in [0.15, 0.2) is 0 Å². The number of hydrogen-bond donors (Lipinski definition) is 0. The average Bonchev–Trinajstić information content (AvgIpc) is 1.87. The van der Waals surface area contributed by atoms with E-state index in [1.165, 1.54) is 0 Å². The molecule has 0 saturated carbocycles. The van der Waals surface area contributed by atoms with E-state index in [0.717, 1.165) is 17.4 Å². The van der Waals surface area contributed by atoms with Crippen molar-refractivity contribution in [2.45, 2.75) is 32.4 Å². The molecule has 0 aliphatic rings. The normalized spacial score (nSPS) is 11.6. The van der Waals surface area contributed by atoms with Gasteiger partial charge in [-0.3, -0.25) is 0 Å². The summed E-state index contributed by atoms with van der Waals surface area (Å²) in [6.07, 6.45) is 5.61. The van der Waals surface area contributed by atoms with Crippen LogP contribution in [0.3, 0.4) is 0 Å². The van der Waals surface area contributed by atoms with E-state index in [-0.39, 0.29) is 0 Å². The Morgan fingerprint density at radius 2 is 2.00 bits per heavy atom. The van der Waals surface area contributed by atoms with Gasteiger partial charge in [0, 0.05) is 11.0 Å². The lowest BCUT2D eigenvalue weighted by Gasteiger charge is -1.99. The molecular weight excluding hydrogens is 160 g/mol. The molecule has 0 atom stereocenters. The molecule has 0 nitrogen and oxygen atoms in total. The zero-order chi connectivity index (χ0) is 7.82. The molecule has 0 aromatic heterocycles. The summed E-state index contributed by atoms with van der Waals surface area (Å²) in [4.78, 5) is 0. The van der Waals surface area contributed by atoms with Crippen LogP contribution in [0.1, 0.15) is 27.2 Å². The molecule has 0 fully saturated rings. The predicted molar refractivity (Wildman–Crippen MR) is 54.6 cm³/mol. The molecule has 0 rings (SSSR count). The van der Waals surface area contributed by atoms with Crippen molar-refractivity contribution in [3.05, 3.63) is 12.2 Å². The van der Waals surface area contributed by atoms with Crippen molar-refractivity contribution in [1.82, 2.24) is 0 Å². The van der Waals surface area contributed by atoms with Crippen LogP contribution in [-0.4, -0.2) is 11.0 Å². The van der Waals surface area contributed by atoms with Gasteiger partial charge in [0.1, 0.15) is 0 Å². The maximum Gasteiger partial charge on any atom is 0.0217 e. The number of allylic oxidation sites excluding steroid dienone is 1. The van der Waals surface area contributed by atoms with Crippen LogP contribution in [0.4, 0.5) is 0 Å². The Hall–Kier alpha value is 0.440. The van der Waals surface area contributed by atoms with Crippen LogP contribution in [0.15, 0.2) is 12.2 Å². The number of hydrogen-bond acceptors (Lipinski definition) is 2. The first-order chi connectivity index (χ1) is 4.77. The molecule has 0 aliphatic heterocycles. The Balaban J connectivity index is 2.97. The molecule has 2 heteroatoms. The first-order valence-corrected chi connectivity index (χ1v) is 6.08. The Kier molecular flexibility index (Phi) is 7.88. The van der Waals surface area contributed by atoms with Gasteiger partial charge in [-0.25, -0.2) is 0 Å². The van der Waals surface area contributed by atoms with Gasteiger partial charge < -0.3 is 0 Å². The molecule has 0 aliphatic carbocycles. The molecule has 0 amide bonds. The standard InChI is InChI=1S/C8H16S2/c1-4-5-6-7-9-10-8(2)3/h5-6,8H,4,7H2,1-3H3/b6-5-. The molecule has 60 valence electrons. The molecule has 0 aromatic carbocycles. The van der Waals surface area contributed by atoms with Gasteiger partial charge in [-0.2, -0.15) is 0 Å². The SMILES string of the molecule is CC/C=C\CSSC(C)C. The summed E-state index contributed by atoms with van der Waals surface area (Å²) in [5.41, 5.74) is 0. The van der Waals surface area contributed by atoms with Crippen LogP contribution >= 0.6 is 21.6 Å². The summed E-state index contributed by atoms with van der Waals surface area (Å²) in [5.74, 6) is 1.15. The number of rotatable bonds is 5. The second-order valence-corrected chi connectivity index (χ2v) is 5.30. The monoisotopic (exact) mass is 176 g/mol. The highest BCUT2D eigenvalue weighted by molar-refractivity contribution is 8.77. The van der Waals surface area contributed by atoms with Gasteiger partial charge in [-0.15, -0.1) is 0 Å². The van der Waals surface area contributed by atoms with E-state index in [1.807, 2.05) is 21.6 Å². The minimum Gasteiger partial charge on any atom is -0.0910 e. The minimum atomic E-state index is 0.750. The Morgan fingerprint density at radius 1 is 1.30 bits per heavy atom. The van der Waals surface area contributed by atoms with Crippen molar-refractivity contribution in [2.24, 2.45) is 0 Å². The summed E-state index contributed by atoms with van der Waals surface area (Å²) >= 11 is 0. The fourth-order valence-corrected chi connectivity index (χ4v) is 2.30. The first-order valence-electron chi connectivity index (χ1n) is 3.70.